The van der Waals surface area contributed by atoms with Crippen molar-refractivity contribution in [1.82, 2.24) is 4.90 Å². The summed E-state index contributed by atoms with van der Waals surface area (Å²) in [7, 11) is 1.81. The van der Waals surface area contributed by atoms with Gasteiger partial charge in [-0.2, -0.15) is 0 Å². The van der Waals surface area contributed by atoms with Crippen molar-refractivity contribution in [3.8, 4) is 0 Å². The average molecular weight is 348 g/mol. The standard InChI is InChI=1S/C12H11ClINO/c1-15-11(7-6-10(14)12(15)16)8-2-4-9(13)5-3-8/h2-5,7,10H,6H2,1H3. The van der Waals surface area contributed by atoms with Crippen LogP contribution in [0.5, 0.6) is 0 Å². The van der Waals surface area contributed by atoms with E-state index in [1.54, 1.807) is 4.90 Å². The molecule has 1 aromatic carbocycles. The summed E-state index contributed by atoms with van der Waals surface area (Å²) in [4.78, 5) is 13.5. The Morgan fingerprint density at radius 1 is 1.38 bits per heavy atom. The minimum Gasteiger partial charge on any atom is -0.314 e. The number of halogens is 2. The van der Waals surface area contributed by atoms with Gasteiger partial charge in [0.15, 0.2) is 0 Å². The van der Waals surface area contributed by atoms with E-state index in [1.807, 2.05) is 31.3 Å². The molecule has 0 bridgehead atoms. The summed E-state index contributed by atoms with van der Waals surface area (Å²) in [5.41, 5.74) is 2.00. The van der Waals surface area contributed by atoms with Crippen molar-refractivity contribution < 1.29 is 4.79 Å². The molecule has 1 aromatic rings. The van der Waals surface area contributed by atoms with E-state index in [1.165, 1.54) is 0 Å². The third-order valence-corrected chi connectivity index (χ3v) is 3.91. The number of rotatable bonds is 1. The largest absolute Gasteiger partial charge is 0.314 e. The highest BCUT2D eigenvalue weighted by Gasteiger charge is 2.25. The average Bonchev–Trinajstić information content (AvgIpc) is 2.28. The van der Waals surface area contributed by atoms with Crippen LogP contribution in [0.3, 0.4) is 0 Å². The van der Waals surface area contributed by atoms with Gasteiger partial charge in [-0.15, -0.1) is 0 Å². The van der Waals surface area contributed by atoms with E-state index >= 15 is 0 Å². The van der Waals surface area contributed by atoms with Crippen LogP contribution >= 0.6 is 34.2 Å². The van der Waals surface area contributed by atoms with Crippen LogP contribution in [-0.4, -0.2) is 21.8 Å². The molecule has 0 saturated carbocycles. The number of hydrogen-bond donors (Lipinski definition) is 0. The summed E-state index contributed by atoms with van der Waals surface area (Å²) in [6.07, 6.45) is 2.89. The minimum atomic E-state index is 0.0543. The van der Waals surface area contributed by atoms with E-state index in [-0.39, 0.29) is 9.83 Å². The Morgan fingerprint density at radius 2 is 2.00 bits per heavy atom. The van der Waals surface area contributed by atoms with Gasteiger partial charge >= 0.3 is 0 Å². The van der Waals surface area contributed by atoms with Crippen LogP contribution in [0.15, 0.2) is 30.3 Å². The lowest BCUT2D eigenvalue weighted by molar-refractivity contribution is -0.126. The molecular formula is C12H11ClINO. The van der Waals surface area contributed by atoms with Crippen molar-refractivity contribution in [1.29, 1.82) is 0 Å². The fourth-order valence-electron chi connectivity index (χ4n) is 1.71. The lowest BCUT2D eigenvalue weighted by Crippen LogP contribution is -2.35. The molecule has 84 valence electrons. The van der Waals surface area contributed by atoms with Gasteiger partial charge in [0.05, 0.1) is 3.92 Å². The summed E-state index contributed by atoms with van der Waals surface area (Å²) in [6.45, 7) is 0. The molecule has 1 unspecified atom stereocenters. The second-order valence-electron chi connectivity index (χ2n) is 3.70. The number of amides is 1. The molecule has 0 N–H and O–H groups in total. The molecule has 1 aliphatic rings. The molecule has 0 fully saturated rings. The van der Waals surface area contributed by atoms with Gasteiger partial charge in [-0.05, 0) is 24.1 Å². The Labute approximate surface area is 113 Å². The molecule has 1 amide bonds. The lowest BCUT2D eigenvalue weighted by atomic mass is 10.1. The number of carbonyl (C=O) groups excluding carboxylic acids is 1. The highest BCUT2D eigenvalue weighted by Crippen LogP contribution is 2.28. The van der Waals surface area contributed by atoms with E-state index in [4.69, 9.17) is 11.6 Å². The Balaban J connectivity index is 2.34. The molecular weight excluding hydrogens is 336 g/mol. The van der Waals surface area contributed by atoms with E-state index < -0.39 is 0 Å². The summed E-state index contributed by atoms with van der Waals surface area (Å²) in [5, 5.41) is 0.709. The van der Waals surface area contributed by atoms with Gasteiger partial charge in [0.2, 0.25) is 5.91 Å². The summed E-state index contributed by atoms with van der Waals surface area (Å²) in [5.74, 6) is 0.160. The zero-order valence-electron chi connectivity index (χ0n) is 8.78. The highest BCUT2D eigenvalue weighted by atomic mass is 127. The van der Waals surface area contributed by atoms with E-state index in [0.29, 0.717) is 5.02 Å². The molecule has 0 saturated heterocycles. The van der Waals surface area contributed by atoms with Crippen molar-refractivity contribution in [2.24, 2.45) is 0 Å². The maximum atomic E-state index is 11.8. The predicted molar refractivity (Wildman–Crippen MR) is 74.6 cm³/mol. The monoisotopic (exact) mass is 347 g/mol. The van der Waals surface area contributed by atoms with E-state index in [9.17, 15) is 4.79 Å². The summed E-state index contributed by atoms with van der Waals surface area (Å²) < 4.78 is 0.0543. The topological polar surface area (TPSA) is 20.3 Å². The number of carbonyl (C=O) groups is 1. The Hall–Kier alpha value is -0.550. The van der Waals surface area contributed by atoms with Crippen molar-refractivity contribution in [3.05, 3.63) is 40.9 Å². The molecule has 0 radical (unpaired) electrons. The minimum absolute atomic E-state index is 0.0543. The maximum absolute atomic E-state index is 11.8. The first-order valence-electron chi connectivity index (χ1n) is 4.97. The summed E-state index contributed by atoms with van der Waals surface area (Å²) >= 11 is 8.01. The van der Waals surface area contributed by atoms with Gasteiger partial charge in [-0.3, -0.25) is 4.79 Å². The fraction of sp³-hybridized carbons (Fsp3) is 0.250. The van der Waals surface area contributed by atoms with Gasteiger partial charge in [0.1, 0.15) is 0 Å². The summed E-state index contributed by atoms with van der Waals surface area (Å²) in [6, 6.07) is 7.55. The van der Waals surface area contributed by atoms with Crippen LogP contribution in [0.1, 0.15) is 12.0 Å². The first-order chi connectivity index (χ1) is 7.59. The molecule has 0 spiro atoms. The van der Waals surface area contributed by atoms with Crippen LogP contribution in [0.4, 0.5) is 0 Å². The molecule has 1 atom stereocenters. The molecule has 1 aliphatic heterocycles. The third kappa shape index (κ3) is 2.25. The zero-order valence-corrected chi connectivity index (χ0v) is 11.7. The van der Waals surface area contributed by atoms with Crippen LogP contribution in [0.25, 0.3) is 5.70 Å². The SMILES string of the molecule is CN1C(=O)C(I)CC=C1c1ccc(Cl)cc1. The third-order valence-electron chi connectivity index (χ3n) is 2.62. The normalized spacial score (nSPS) is 20.9. The van der Waals surface area contributed by atoms with Crippen LogP contribution in [0.2, 0.25) is 5.02 Å². The second kappa shape index (κ2) is 4.75. The van der Waals surface area contributed by atoms with Crippen LogP contribution in [-0.2, 0) is 4.79 Å². The van der Waals surface area contributed by atoms with Crippen molar-refractivity contribution >= 4 is 45.8 Å². The van der Waals surface area contributed by atoms with E-state index in [0.717, 1.165) is 17.7 Å². The first-order valence-corrected chi connectivity index (χ1v) is 6.59. The first kappa shape index (κ1) is 11.9. The predicted octanol–water partition coefficient (Wildman–Crippen LogP) is 3.35. The quantitative estimate of drug-likeness (QED) is 0.563. The van der Waals surface area contributed by atoms with Crippen LogP contribution in [0, 0.1) is 0 Å². The van der Waals surface area contributed by atoms with Gasteiger partial charge in [0, 0.05) is 17.8 Å². The van der Waals surface area contributed by atoms with E-state index in [2.05, 4.69) is 28.7 Å². The zero-order chi connectivity index (χ0) is 11.7. The Bertz CT molecular complexity index is 441. The van der Waals surface area contributed by atoms with Crippen molar-refractivity contribution in [2.75, 3.05) is 7.05 Å². The van der Waals surface area contributed by atoms with Gasteiger partial charge < -0.3 is 4.90 Å². The Kier molecular flexibility index (Phi) is 3.54. The van der Waals surface area contributed by atoms with Gasteiger partial charge in [-0.1, -0.05) is 52.4 Å². The number of hydrogen-bond acceptors (Lipinski definition) is 1. The fourth-order valence-corrected chi connectivity index (χ4v) is 2.51. The number of allylic oxidation sites excluding steroid dienone is 1. The van der Waals surface area contributed by atoms with Gasteiger partial charge in [-0.25, -0.2) is 0 Å². The molecule has 16 heavy (non-hydrogen) atoms. The van der Waals surface area contributed by atoms with Crippen molar-refractivity contribution in [2.45, 2.75) is 10.3 Å². The number of nitrogens with zero attached hydrogens (tertiary/aromatic N) is 1. The maximum Gasteiger partial charge on any atom is 0.240 e. The second-order valence-corrected chi connectivity index (χ2v) is 5.64. The molecule has 1 heterocycles. The molecule has 2 nitrogen and oxygen atoms in total. The van der Waals surface area contributed by atoms with Crippen LogP contribution < -0.4 is 0 Å². The molecule has 0 aromatic heterocycles. The molecule has 0 aliphatic carbocycles. The number of alkyl halides is 1. The Morgan fingerprint density at radius 3 is 2.62 bits per heavy atom. The van der Waals surface area contributed by atoms with Gasteiger partial charge in [0.25, 0.3) is 0 Å². The smallest absolute Gasteiger partial charge is 0.240 e. The molecule has 2 rings (SSSR count). The lowest BCUT2D eigenvalue weighted by Gasteiger charge is -2.27. The highest BCUT2D eigenvalue weighted by molar-refractivity contribution is 14.1. The number of benzene rings is 1. The molecule has 4 heteroatoms. The van der Waals surface area contributed by atoms with Crippen molar-refractivity contribution in [3.63, 3.8) is 0 Å².